The lowest BCUT2D eigenvalue weighted by molar-refractivity contribution is -0.384. The number of carbonyl (C=O) groups is 2. The van der Waals surface area contributed by atoms with E-state index in [9.17, 15) is 19.7 Å². The molecule has 0 bridgehead atoms. The molecule has 0 unspecified atom stereocenters. The van der Waals surface area contributed by atoms with E-state index in [0.29, 0.717) is 10.2 Å². The number of hydrogen-bond donors (Lipinski definition) is 2. The Morgan fingerprint density at radius 3 is 2.29 bits per heavy atom. The van der Waals surface area contributed by atoms with Crippen molar-refractivity contribution in [3.05, 3.63) is 68.2 Å². The van der Waals surface area contributed by atoms with Gasteiger partial charge in [0.25, 0.3) is 17.5 Å². The van der Waals surface area contributed by atoms with Crippen molar-refractivity contribution in [3.63, 3.8) is 0 Å². The van der Waals surface area contributed by atoms with E-state index in [0.717, 1.165) is 0 Å². The topological polar surface area (TPSA) is 111 Å². The van der Waals surface area contributed by atoms with Gasteiger partial charge in [-0.25, -0.2) is 0 Å². The Bertz CT molecular complexity index is 792. The Balaban J connectivity index is 2.03. The number of carbonyl (C=O) groups excluding carboxylic acids is 2. The Kier molecular flexibility index (Phi) is 5.48. The number of amides is 2. The molecule has 2 aromatic rings. The van der Waals surface area contributed by atoms with Gasteiger partial charge in [0, 0.05) is 22.2 Å². The first-order valence-corrected chi connectivity index (χ1v) is 7.40. The molecule has 0 spiro atoms. The van der Waals surface area contributed by atoms with Gasteiger partial charge in [-0.1, -0.05) is 0 Å². The fraction of sp³-hybridized carbons (Fsp3) is 0.0667. The van der Waals surface area contributed by atoms with E-state index >= 15 is 0 Å². The SMILES string of the molecule is COc1ccc(Br)c(C(=O)NNC(=O)c2ccc([N+](=O)[O-])cc2)c1. The van der Waals surface area contributed by atoms with Crippen molar-refractivity contribution < 1.29 is 19.2 Å². The van der Waals surface area contributed by atoms with Crippen LogP contribution in [0.15, 0.2) is 46.9 Å². The van der Waals surface area contributed by atoms with E-state index in [1.807, 2.05) is 0 Å². The summed E-state index contributed by atoms with van der Waals surface area (Å²) in [5.74, 6) is -0.654. The van der Waals surface area contributed by atoms with Gasteiger partial charge < -0.3 is 4.74 Å². The first-order chi connectivity index (χ1) is 11.4. The number of non-ortho nitro benzene ring substituents is 1. The molecule has 2 N–H and O–H groups in total. The molecular weight excluding hydrogens is 382 g/mol. The van der Waals surface area contributed by atoms with Crippen LogP contribution >= 0.6 is 15.9 Å². The smallest absolute Gasteiger partial charge is 0.270 e. The summed E-state index contributed by atoms with van der Waals surface area (Å²) in [4.78, 5) is 34.1. The number of rotatable bonds is 4. The Labute approximate surface area is 145 Å². The van der Waals surface area contributed by atoms with E-state index in [4.69, 9.17) is 4.74 Å². The molecule has 0 aliphatic heterocycles. The van der Waals surface area contributed by atoms with Crippen molar-refractivity contribution in [2.45, 2.75) is 0 Å². The van der Waals surface area contributed by atoms with Gasteiger partial charge >= 0.3 is 0 Å². The molecule has 9 heteroatoms. The third-order valence-electron chi connectivity index (χ3n) is 3.05. The number of methoxy groups -OCH3 is 1. The lowest BCUT2D eigenvalue weighted by atomic mass is 10.2. The Morgan fingerprint density at radius 1 is 1.08 bits per heavy atom. The average molecular weight is 394 g/mol. The summed E-state index contributed by atoms with van der Waals surface area (Å²) in [7, 11) is 1.47. The van der Waals surface area contributed by atoms with Crippen LogP contribution in [-0.4, -0.2) is 23.8 Å². The summed E-state index contributed by atoms with van der Waals surface area (Å²) in [5, 5.41) is 10.6. The number of hydrogen-bond acceptors (Lipinski definition) is 5. The second-order valence-corrected chi connectivity index (χ2v) is 5.41. The first kappa shape index (κ1) is 17.4. The monoisotopic (exact) mass is 393 g/mol. The number of halogens is 1. The average Bonchev–Trinajstić information content (AvgIpc) is 2.59. The van der Waals surface area contributed by atoms with Gasteiger partial charge in [-0.15, -0.1) is 0 Å². The molecule has 124 valence electrons. The molecule has 8 nitrogen and oxygen atoms in total. The summed E-state index contributed by atoms with van der Waals surface area (Å²) in [6.07, 6.45) is 0. The second kappa shape index (κ2) is 7.55. The van der Waals surface area contributed by atoms with Crippen LogP contribution in [0.2, 0.25) is 0 Å². The number of ether oxygens (including phenoxy) is 1. The molecular formula is C15H12BrN3O5. The normalized spacial score (nSPS) is 9.92. The standard InChI is InChI=1S/C15H12BrN3O5/c1-24-11-6-7-13(16)12(8-11)15(21)18-17-14(20)9-2-4-10(5-3-9)19(22)23/h2-8H,1H3,(H,17,20)(H,18,21). The third kappa shape index (κ3) is 4.07. The van der Waals surface area contributed by atoms with Crippen molar-refractivity contribution in [2.75, 3.05) is 7.11 Å². The quantitative estimate of drug-likeness (QED) is 0.612. The molecule has 0 heterocycles. The molecule has 2 amide bonds. The van der Waals surface area contributed by atoms with E-state index in [1.165, 1.54) is 37.4 Å². The molecule has 0 fully saturated rings. The van der Waals surface area contributed by atoms with Crippen LogP contribution < -0.4 is 15.6 Å². The molecule has 0 aliphatic carbocycles. The maximum atomic E-state index is 12.1. The lowest BCUT2D eigenvalue weighted by Crippen LogP contribution is -2.41. The van der Waals surface area contributed by atoms with Crippen molar-refractivity contribution >= 4 is 33.4 Å². The van der Waals surface area contributed by atoms with Gasteiger partial charge in [0.2, 0.25) is 0 Å². The molecule has 0 aromatic heterocycles. The lowest BCUT2D eigenvalue weighted by Gasteiger charge is -2.10. The van der Waals surface area contributed by atoms with E-state index in [2.05, 4.69) is 26.8 Å². The van der Waals surface area contributed by atoms with Gasteiger partial charge in [0.05, 0.1) is 17.6 Å². The molecule has 0 saturated carbocycles. The van der Waals surface area contributed by atoms with Crippen LogP contribution in [0.3, 0.4) is 0 Å². The van der Waals surface area contributed by atoms with E-state index in [-0.39, 0.29) is 16.8 Å². The molecule has 0 atom stereocenters. The minimum Gasteiger partial charge on any atom is -0.497 e. The number of nitrogens with one attached hydrogen (secondary N) is 2. The van der Waals surface area contributed by atoms with Crippen molar-refractivity contribution in [2.24, 2.45) is 0 Å². The van der Waals surface area contributed by atoms with Crippen molar-refractivity contribution in [1.29, 1.82) is 0 Å². The Hall–Kier alpha value is -2.94. The van der Waals surface area contributed by atoms with Crippen LogP contribution in [0.5, 0.6) is 5.75 Å². The summed E-state index contributed by atoms with van der Waals surface area (Å²) in [6.45, 7) is 0. The summed E-state index contributed by atoms with van der Waals surface area (Å²) in [6, 6.07) is 9.83. The summed E-state index contributed by atoms with van der Waals surface area (Å²) in [5.41, 5.74) is 4.83. The molecule has 0 radical (unpaired) electrons. The predicted molar refractivity (Wildman–Crippen MR) is 88.7 cm³/mol. The molecule has 0 aliphatic rings. The minimum atomic E-state index is -0.600. The fourth-order valence-corrected chi connectivity index (χ4v) is 2.22. The van der Waals surface area contributed by atoms with E-state index in [1.54, 1.807) is 12.1 Å². The number of benzene rings is 2. The molecule has 0 saturated heterocycles. The van der Waals surface area contributed by atoms with Crippen LogP contribution in [0.1, 0.15) is 20.7 Å². The highest BCUT2D eigenvalue weighted by Gasteiger charge is 2.14. The zero-order valence-corrected chi connectivity index (χ0v) is 14.0. The van der Waals surface area contributed by atoms with Gasteiger partial charge in [-0.05, 0) is 46.3 Å². The van der Waals surface area contributed by atoms with Crippen LogP contribution in [0.4, 0.5) is 5.69 Å². The van der Waals surface area contributed by atoms with Crippen molar-refractivity contribution in [1.82, 2.24) is 10.9 Å². The molecule has 24 heavy (non-hydrogen) atoms. The number of nitro groups is 1. The summed E-state index contributed by atoms with van der Waals surface area (Å²) >= 11 is 3.24. The highest BCUT2D eigenvalue weighted by Crippen LogP contribution is 2.22. The van der Waals surface area contributed by atoms with Crippen LogP contribution in [0, 0.1) is 10.1 Å². The number of hydrazine groups is 1. The largest absolute Gasteiger partial charge is 0.497 e. The third-order valence-corrected chi connectivity index (χ3v) is 3.74. The van der Waals surface area contributed by atoms with Gasteiger partial charge in [-0.2, -0.15) is 0 Å². The molecule has 2 rings (SSSR count). The molecule has 2 aromatic carbocycles. The van der Waals surface area contributed by atoms with Crippen molar-refractivity contribution in [3.8, 4) is 5.75 Å². The minimum absolute atomic E-state index is 0.129. The zero-order chi connectivity index (χ0) is 17.7. The predicted octanol–water partition coefficient (Wildman–Crippen LogP) is 2.44. The zero-order valence-electron chi connectivity index (χ0n) is 12.4. The number of nitro benzene ring substituents is 1. The highest BCUT2D eigenvalue weighted by molar-refractivity contribution is 9.10. The highest BCUT2D eigenvalue weighted by atomic mass is 79.9. The Morgan fingerprint density at radius 2 is 1.71 bits per heavy atom. The fourth-order valence-electron chi connectivity index (χ4n) is 1.79. The summed E-state index contributed by atoms with van der Waals surface area (Å²) < 4.78 is 5.57. The van der Waals surface area contributed by atoms with Crippen LogP contribution in [-0.2, 0) is 0 Å². The second-order valence-electron chi connectivity index (χ2n) is 4.56. The number of nitrogens with zero attached hydrogens (tertiary/aromatic N) is 1. The van der Waals surface area contributed by atoms with Gasteiger partial charge in [-0.3, -0.25) is 30.6 Å². The van der Waals surface area contributed by atoms with E-state index < -0.39 is 16.7 Å². The first-order valence-electron chi connectivity index (χ1n) is 6.61. The maximum absolute atomic E-state index is 12.1. The van der Waals surface area contributed by atoms with Gasteiger partial charge in [0.15, 0.2) is 0 Å². The maximum Gasteiger partial charge on any atom is 0.270 e. The van der Waals surface area contributed by atoms with Gasteiger partial charge in [0.1, 0.15) is 5.75 Å². The van der Waals surface area contributed by atoms with Crippen LogP contribution in [0.25, 0.3) is 0 Å².